The molecule has 0 aliphatic carbocycles. The van der Waals surface area contributed by atoms with Crippen molar-refractivity contribution in [2.75, 3.05) is 6.79 Å². The van der Waals surface area contributed by atoms with Gasteiger partial charge in [0.2, 0.25) is 6.79 Å². The number of ether oxygens (including phenoxy) is 2. The minimum absolute atomic E-state index is 0.273. The summed E-state index contributed by atoms with van der Waals surface area (Å²) >= 11 is 0. The summed E-state index contributed by atoms with van der Waals surface area (Å²) in [6, 6.07) is 9.63. The highest BCUT2D eigenvalue weighted by atomic mass is 16.7. The van der Waals surface area contributed by atoms with Crippen LogP contribution in [0, 0.1) is 0 Å². The second-order valence-corrected chi connectivity index (χ2v) is 4.51. The van der Waals surface area contributed by atoms with E-state index in [9.17, 15) is 0 Å². The van der Waals surface area contributed by atoms with Gasteiger partial charge in [0, 0.05) is 12.4 Å². The molecule has 1 atom stereocenters. The van der Waals surface area contributed by atoms with Crippen molar-refractivity contribution in [3.63, 3.8) is 0 Å². The van der Waals surface area contributed by atoms with Crippen molar-refractivity contribution >= 4 is 0 Å². The maximum absolute atomic E-state index is 6.43. The molecule has 3 rings (SSSR count). The number of hydrogen-bond acceptors (Lipinski definition) is 4. The average Bonchev–Trinajstić information content (AvgIpc) is 2.87. The lowest BCUT2D eigenvalue weighted by atomic mass is 9.86. The van der Waals surface area contributed by atoms with Crippen LogP contribution in [0.2, 0.25) is 0 Å². The van der Waals surface area contributed by atoms with Gasteiger partial charge in [-0.25, -0.2) is 0 Å². The predicted molar refractivity (Wildman–Crippen MR) is 67.4 cm³/mol. The van der Waals surface area contributed by atoms with E-state index < -0.39 is 5.54 Å². The van der Waals surface area contributed by atoms with Crippen molar-refractivity contribution in [1.29, 1.82) is 0 Å². The normalized spacial score (nSPS) is 16.3. The molecule has 1 aromatic heterocycles. The molecule has 0 bridgehead atoms. The summed E-state index contributed by atoms with van der Waals surface area (Å²) in [6.45, 7) is 2.25. The van der Waals surface area contributed by atoms with Gasteiger partial charge in [0.15, 0.2) is 11.5 Å². The molecule has 0 saturated heterocycles. The molecular weight excluding hydrogens is 228 g/mol. The molecular formula is C14H14N2O2. The highest BCUT2D eigenvalue weighted by Crippen LogP contribution is 2.36. The summed E-state index contributed by atoms with van der Waals surface area (Å²) in [5, 5.41) is 0. The number of benzene rings is 1. The van der Waals surface area contributed by atoms with Gasteiger partial charge in [0.1, 0.15) is 0 Å². The van der Waals surface area contributed by atoms with Crippen LogP contribution in [0.4, 0.5) is 0 Å². The second-order valence-electron chi connectivity index (χ2n) is 4.51. The first-order chi connectivity index (χ1) is 8.68. The third kappa shape index (κ3) is 1.71. The van der Waals surface area contributed by atoms with E-state index in [2.05, 4.69) is 4.98 Å². The molecule has 1 aliphatic heterocycles. The van der Waals surface area contributed by atoms with Gasteiger partial charge in [-0.3, -0.25) is 4.98 Å². The van der Waals surface area contributed by atoms with Gasteiger partial charge in [-0.2, -0.15) is 0 Å². The molecule has 4 nitrogen and oxygen atoms in total. The Kier molecular flexibility index (Phi) is 2.45. The monoisotopic (exact) mass is 242 g/mol. The minimum Gasteiger partial charge on any atom is -0.454 e. The quantitative estimate of drug-likeness (QED) is 0.875. The molecule has 0 amide bonds. The zero-order chi connectivity index (χ0) is 12.6. The molecule has 0 spiro atoms. The van der Waals surface area contributed by atoms with Gasteiger partial charge in [-0.1, -0.05) is 6.07 Å². The molecule has 1 aromatic carbocycles. The maximum atomic E-state index is 6.43. The van der Waals surface area contributed by atoms with E-state index in [1.54, 1.807) is 12.4 Å². The first kappa shape index (κ1) is 11.0. The summed E-state index contributed by atoms with van der Waals surface area (Å²) in [6.07, 6.45) is 3.49. The van der Waals surface area contributed by atoms with Gasteiger partial charge in [0.25, 0.3) is 0 Å². The highest BCUT2D eigenvalue weighted by Gasteiger charge is 2.26. The highest BCUT2D eigenvalue weighted by molar-refractivity contribution is 5.48. The lowest BCUT2D eigenvalue weighted by Crippen LogP contribution is -2.34. The number of hydrogen-bond donors (Lipinski definition) is 1. The Morgan fingerprint density at radius 2 is 1.78 bits per heavy atom. The number of aromatic nitrogens is 1. The lowest BCUT2D eigenvalue weighted by molar-refractivity contribution is 0.174. The summed E-state index contributed by atoms with van der Waals surface area (Å²) in [4.78, 5) is 4.01. The molecule has 0 fully saturated rings. The fourth-order valence-corrected chi connectivity index (χ4v) is 2.08. The van der Waals surface area contributed by atoms with E-state index in [0.29, 0.717) is 0 Å². The number of nitrogens with two attached hydrogens (primary N) is 1. The van der Waals surface area contributed by atoms with E-state index in [1.165, 1.54) is 0 Å². The zero-order valence-corrected chi connectivity index (χ0v) is 10.1. The topological polar surface area (TPSA) is 57.4 Å². The fraction of sp³-hybridized carbons (Fsp3) is 0.214. The van der Waals surface area contributed by atoms with Crippen LogP contribution < -0.4 is 15.2 Å². The molecule has 92 valence electrons. The van der Waals surface area contributed by atoms with Crippen LogP contribution in [-0.2, 0) is 5.54 Å². The van der Waals surface area contributed by atoms with Crippen LogP contribution in [0.1, 0.15) is 18.1 Å². The smallest absolute Gasteiger partial charge is 0.231 e. The largest absolute Gasteiger partial charge is 0.454 e. The van der Waals surface area contributed by atoms with Crippen LogP contribution in [0.25, 0.3) is 0 Å². The maximum Gasteiger partial charge on any atom is 0.231 e. The molecule has 2 heterocycles. The molecule has 1 aliphatic rings. The average molecular weight is 242 g/mol. The third-order valence-electron chi connectivity index (χ3n) is 3.25. The van der Waals surface area contributed by atoms with E-state index in [4.69, 9.17) is 15.2 Å². The Bertz CT molecular complexity index is 567. The number of fused-ring (bicyclic) bond motifs is 1. The summed E-state index contributed by atoms with van der Waals surface area (Å²) in [5.41, 5.74) is 7.84. The lowest BCUT2D eigenvalue weighted by Gasteiger charge is -2.25. The van der Waals surface area contributed by atoms with E-state index in [1.807, 2.05) is 37.3 Å². The molecule has 2 aromatic rings. The van der Waals surface area contributed by atoms with Gasteiger partial charge in [-0.15, -0.1) is 0 Å². The van der Waals surface area contributed by atoms with Crippen molar-refractivity contribution in [3.8, 4) is 11.5 Å². The fourth-order valence-electron chi connectivity index (χ4n) is 2.08. The van der Waals surface area contributed by atoms with E-state index in [-0.39, 0.29) is 6.79 Å². The van der Waals surface area contributed by atoms with Crippen molar-refractivity contribution in [1.82, 2.24) is 4.98 Å². The standard InChI is InChI=1S/C14H14N2O2/c1-14(15,10-4-6-16-7-5-10)11-2-3-12-13(8-11)18-9-17-12/h2-8H,9,15H2,1H3. The van der Waals surface area contributed by atoms with Crippen LogP contribution in [0.3, 0.4) is 0 Å². The van der Waals surface area contributed by atoms with Gasteiger partial charge >= 0.3 is 0 Å². The Morgan fingerprint density at radius 1 is 1.06 bits per heavy atom. The van der Waals surface area contributed by atoms with Crippen LogP contribution in [0.5, 0.6) is 11.5 Å². The number of rotatable bonds is 2. The second kappa shape index (κ2) is 3.99. The van der Waals surface area contributed by atoms with E-state index in [0.717, 1.165) is 22.6 Å². The van der Waals surface area contributed by atoms with Crippen LogP contribution >= 0.6 is 0 Å². The number of nitrogens with zero attached hydrogens (tertiary/aromatic N) is 1. The van der Waals surface area contributed by atoms with Gasteiger partial charge in [0.05, 0.1) is 5.54 Å². The van der Waals surface area contributed by atoms with Crippen LogP contribution in [-0.4, -0.2) is 11.8 Å². The summed E-state index contributed by atoms with van der Waals surface area (Å²) in [7, 11) is 0. The van der Waals surface area contributed by atoms with E-state index >= 15 is 0 Å². The molecule has 2 N–H and O–H groups in total. The molecule has 0 radical (unpaired) electrons. The summed E-state index contributed by atoms with van der Waals surface area (Å²) < 4.78 is 10.7. The minimum atomic E-state index is -0.579. The van der Waals surface area contributed by atoms with Crippen molar-refractivity contribution in [3.05, 3.63) is 53.9 Å². The Labute approximate surface area is 105 Å². The van der Waals surface area contributed by atoms with Crippen molar-refractivity contribution < 1.29 is 9.47 Å². The van der Waals surface area contributed by atoms with Gasteiger partial charge in [-0.05, 0) is 42.3 Å². The first-order valence-electron chi connectivity index (χ1n) is 5.77. The third-order valence-corrected chi connectivity index (χ3v) is 3.25. The Balaban J connectivity index is 2.04. The van der Waals surface area contributed by atoms with Crippen molar-refractivity contribution in [2.45, 2.75) is 12.5 Å². The Morgan fingerprint density at radius 3 is 2.56 bits per heavy atom. The predicted octanol–water partition coefficient (Wildman–Crippen LogP) is 2.03. The molecule has 0 saturated carbocycles. The van der Waals surface area contributed by atoms with Crippen molar-refractivity contribution in [2.24, 2.45) is 5.73 Å². The Hall–Kier alpha value is -2.07. The van der Waals surface area contributed by atoms with Gasteiger partial charge < -0.3 is 15.2 Å². The SMILES string of the molecule is CC(N)(c1ccncc1)c1ccc2c(c1)OCO2. The molecule has 18 heavy (non-hydrogen) atoms. The first-order valence-corrected chi connectivity index (χ1v) is 5.77. The van der Waals surface area contributed by atoms with Crippen LogP contribution in [0.15, 0.2) is 42.7 Å². The molecule has 4 heteroatoms. The summed E-state index contributed by atoms with van der Waals surface area (Å²) in [5.74, 6) is 1.52. The number of pyridine rings is 1. The zero-order valence-electron chi connectivity index (χ0n) is 10.1. The molecule has 1 unspecified atom stereocenters.